The second kappa shape index (κ2) is 8.54. The lowest BCUT2D eigenvalue weighted by molar-refractivity contribution is 0.232. The van der Waals surface area contributed by atoms with E-state index in [9.17, 15) is 5.21 Å². The Bertz CT molecular complexity index is 1130. The van der Waals surface area contributed by atoms with E-state index in [0.717, 1.165) is 58.6 Å². The summed E-state index contributed by atoms with van der Waals surface area (Å²) in [7, 11) is 0. The maximum Gasteiger partial charge on any atom is 0.0886 e. The zero-order valence-electron chi connectivity index (χ0n) is 19.1. The Hall–Kier alpha value is -2.94. The summed E-state index contributed by atoms with van der Waals surface area (Å²) in [6.07, 6.45) is 7.76. The van der Waals surface area contributed by atoms with Gasteiger partial charge < -0.3 is 5.21 Å². The zero-order valence-corrected chi connectivity index (χ0v) is 19.1. The first-order chi connectivity index (χ1) is 15.6. The van der Waals surface area contributed by atoms with Crippen LogP contribution in [-0.4, -0.2) is 15.9 Å². The molecule has 1 heterocycles. The third kappa shape index (κ3) is 3.74. The number of nitrogens with zero attached hydrogens (tertiary/aromatic N) is 2. The summed E-state index contributed by atoms with van der Waals surface area (Å²) in [5, 5.41) is 13.1. The molecule has 1 radical (unpaired) electrons. The molecule has 2 aliphatic carbocycles. The quantitative estimate of drug-likeness (QED) is 0.344. The summed E-state index contributed by atoms with van der Waals surface area (Å²) in [4.78, 5) is 5.14. The number of aromatic nitrogens is 1. The highest BCUT2D eigenvalue weighted by Crippen LogP contribution is 2.49. The van der Waals surface area contributed by atoms with Gasteiger partial charge in [0.25, 0.3) is 0 Å². The topological polar surface area (TPSA) is 45.5 Å². The van der Waals surface area contributed by atoms with Crippen molar-refractivity contribution in [1.82, 2.24) is 4.98 Å². The summed E-state index contributed by atoms with van der Waals surface area (Å²) < 4.78 is 0. The number of hydrogen-bond donors (Lipinski definition) is 1. The number of hydrogen-bond acceptors (Lipinski definition) is 3. The van der Waals surface area contributed by atoms with E-state index in [0.29, 0.717) is 5.41 Å². The van der Waals surface area contributed by atoms with Crippen molar-refractivity contribution in [2.45, 2.75) is 64.2 Å². The van der Waals surface area contributed by atoms with E-state index in [1.165, 1.54) is 37.2 Å². The van der Waals surface area contributed by atoms with Crippen LogP contribution in [0.1, 0.15) is 69.2 Å². The highest BCUT2D eigenvalue weighted by Gasteiger charge is 2.39. The molecule has 3 aromatic rings. The first-order valence-corrected chi connectivity index (χ1v) is 11.8. The van der Waals surface area contributed by atoms with Crippen molar-refractivity contribution < 1.29 is 5.21 Å². The van der Waals surface area contributed by atoms with Crippen LogP contribution >= 0.6 is 0 Å². The second-order valence-corrected chi connectivity index (χ2v) is 9.74. The summed E-state index contributed by atoms with van der Waals surface area (Å²) in [6.45, 7) is 4.50. The predicted molar refractivity (Wildman–Crippen MR) is 131 cm³/mol. The average Bonchev–Trinajstić information content (AvgIpc) is 2.80. The SMILES string of the molecule is C[C](C)CC1(c2ccc(-c3nc4c(cc3-c3ccccc3)C(=NO)CCC4)cc2)CCC1. The highest BCUT2D eigenvalue weighted by molar-refractivity contribution is 6.03. The molecule has 163 valence electrons. The van der Waals surface area contributed by atoms with E-state index < -0.39 is 0 Å². The molecule has 1 fully saturated rings. The van der Waals surface area contributed by atoms with Gasteiger partial charge in [0.05, 0.1) is 17.1 Å². The lowest BCUT2D eigenvalue weighted by atomic mass is 9.61. The standard InChI is InChI=1S/C29H31N2O/c1-20(2)19-29(16-7-17-29)23-14-12-22(13-15-23)28-24(21-8-4-3-5-9-21)18-25-26(30-28)10-6-11-27(25)31-32/h3-5,8-9,12-15,18,32H,6-7,10-11,16-17,19H2,1-2H3. The van der Waals surface area contributed by atoms with Gasteiger partial charge in [0.2, 0.25) is 0 Å². The van der Waals surface area contributed by atoms with Crippen LogP contribution in [0.5, 0.6) is 0 Å². The lowest BCUT2D eigenvalue weighted by Crippen LogP contribution is -2.35. The van der Waals surface area contributed by atoms with E-state index >= 15 is 0 Å². The first-order valence-electron chi connectivity index (χ1n) is 11.8. The molecule has 1 aromatic heterocycles. The minimum Gasteiger partial charge on any atom is -0.411 e. The Morgan fingerprint density at radius 1 is 0.906 bits per heavy atom. The molecular weight excluding hydrogens is 392 g/mol. The Kier molecular flexibility index (Phi) is 5.58. The molecule has 3 nitrogen and oxygen atoms in total. The minimum absolute atomic E-state index is 0.329. The van der Waals surface area contributed by atoms with Crippen LogP contribution in [-0.2, 0) is 11.8 Å². The van der Waals surface area contributed by atoms with Gasteiger partial charge in [-0.05, 0) is 67.1 Å². The van der Waals surface area contributed by atoms with Crippen LogP contribution in [0.4, 0.5) is 0 Å². The lowest BCUT2D eigenvalue weighted by Gasteiger charge is -2.44. The van der Waals surface area contributed by atoms with Gasteiger partial charge in [-0.3, -0.25) is 4.98 Å². The Morgan fingerprint density at radius 2 is 1.66 bits per heavy atom. The van der Waals surface area contributed by atoms with Crippen molar-refractivity contribution in [2.24, 2.45) is 5.16 Å². The Morgan fingerprint density at radius 3 is 2.28 bits per heavy atom. The second-order valence-electron chi connectivity index (χ2n) is 9.74. The maximum atomic E-state index is 9.54. The number of fused-ring (bicyclic) bond motifs is 1. The predicted octanol–water partition coefficient (Wildman–Crippen LogP) is 7.36. The zero-order chi connectivity index (χ0) is 22.1. The first kappa shape index (κ1) is 20.9. The van der Waals surface area contributed by atoms with Gasteiger partial charge in [-0.1, -0.05) is 80.0 Å². The fourth-order valence-corrected chi connectivity index (χ4v) is 5.54. The van der Waals surface area contributed by atoms with E-state index in [4.69, 9.17) is 4.98 Å². The largest absolute Gasteiger partial charge is 0.411 e. The summed E-state index contributed by atoms with van der Waals surface area (Å²) in [6, 6.07) is 21.8. The van der Waals surface area contributed by atoms with Crippen LogP contribution < -0.4 is 0 Å². The minimum atomic E-state index is 0.329. The van der Waals surface area contributed by atoms with Gasteiger partial charge in [0.15, 0.2) is 0 Å². The van der Waals surface area contributed by atoms with Gasteiger partial charge in [-0.25, -0.2) is 0 Å². The Labute approximate surface area is 191 Å². The van der Waals surface area contributed by atoms with E-state index in [1.54, 1.807) is 0 Å². The van der Waals surface area contributed by atoms with Crippen LogP contribution in [0, 0.1) is 5.92 Å². The number of aryl methyl sites for hydroxylation is 1. The fraction of sp³-hybridized carbons (Fsp3) is 0.345. The number of pyridine rings is 1. The number of rotatable bonds is 5. The smallest absolute Gasteiger partial charge is 0.0886 e. The Balaban J connectivity index is 1.60. The van der Waals surface area contributed by atoms with E-state index in [2.05, 4.69) is 73.6 Å². The molecule has 2 aliphatic rings. The van der Waals surface area contributed by atoms with Gasteiger partial charge in [-0.15, -0.1) is 0 Å². The van der Waals surface area contributed by atoms with Crippen molar-refractivity contribution in [2.75, 3.05) is 0 Å². The molecule has 1 saturated carbocycles. The third-order valence-electron chi connectivity index (χ3n) is 7.22. The molecule has 0 amide bonds. The molecule has 32 heavy (non-hydrogen) atoms. The van der Waals surface area contributed by atoms with Crippen LogP contribution in [0.3, 0.4) is 0 Å². The van der Waals surface area contributed by atoms with Gasteiger partial charge in [-0.2, -0.15) is 0 Å². The van der Waals surface area contributed by atoms with Crippen molar-refractivity contribution in [3.63, 3.8) is 0 Å². The van der Waals surface area contributed by atoms with Gasteiger partial charge in [0, 0.05) is 16.7 Å². The van der Waals surface area contributed by atoms with Crippen molar-refractivity contribution in [1.29, 1.82) is 0 Å². The molecule has 0 unspecified atom stereocenters. The highest BCUT2D eigenvalue weighted by atomic mass is 16.4. The molecule has 0 saturated heterocycles. The molecule has 0 bridgehead atoms. The molecule has 0 spiro atoms. The monoisotopic (exact) mass is 423 g/mol. The van der Waals surface area contributed by atoms with Crippen molar-refractivity contribution in [3.05, 3.63) is 83.4 Å². The molecule has 3 heteroatoms. The summed E-state index contributed by atoms with van der Waals surface area (Å²) in [5.41, 5.74) is 8.95. The van der Waals surface area contributed by atoms with Crippen molar-refractivity contribution >= 4 is 5.71 Å². The normalized spacial score (nSPS) is 18.4. The van der Waals surface area contributed by atoms with Crippen molar-refractivity contribution in [3.8, 4) is 22.4 Å². The van der Waals surface area contributed by atoms with E-state index in [1.807, 2.05) is 6.07 Å². The number of benzene rings is 2. The van der Waals surface area contributed by atoms with E-state index in [-0.39, 0.29) is 0 Å². The number of oxime groups is 1. The van der Waals surface area contributed by atoms with Crippen LogP contribution in [0.15, 0.2) is 65.8 Å². The maximum absolute atomic E-state index is 9.54. The fourth-order valence-electron chi connectivity index (χ4n) is 5.54. The molecule has 0 atom stereocenters. The molecule has 5 rings (SSSR count). The van der Waals surface area contributed by atoms with Gasteiger partial charge >= 0.3 is 0 Å². The van der Waals surface area contributed by atoms with Gasteiger partial charge in [0.1, 0.15) is 0 Å². The van der Waals surface area contributed by atoms with Crippen LogP contribution in [0.25, 0.3) is 22.4 Å². The average molecular weight is 424 g/mol. The molecule has 1 N–H and O–H groups in total. The molecule has 2 aromatic carbocycles. The molecule has 0 aliphatic heterocycles. The summed E-state index contributed by atoms with van der Waals surface area (Å²) >= 11 is 0. The summed E-state index contributed by atoms with van der Waals surface area (Å²) in [5.74, 6) is 1.51. The molecular formula is C29H31N2O. The van der Waals surface area contributed by atoms with Crippen LogP contribution in [0.2, 0.25) is 0 Å². The third-order valence-corrected chi connectivity index (χ3v) is 7.22.